The van der Waals surface area contributed by atoms with Gasteiger partial charge in [0, 0.05) is 10.9 Å². The highest BCUT2D eigenvalue weighted by atomic mass is 16.5. The van der Waals surface area contributed by atoms with Crippen molar-refractivity contribution >= 4 is 10.9 Å². The molecule has 1 saturated carbocycles. The van der Waals surface area contributed by atoms with Crippen LogP contribution in [0.3, 0.4) is 0 Å². The molecule has 0 aliphatic heterocycles. The van der Waals surface area contributed by atoms with E-state index in [0.29, 0.717) is 11.8 Å². The molecule has 3 heteroatoms. The Morgan fingerprint density at radius 3 is 2.76 bits per heavy atom. The lowest BCUT2D eigenvalue weighted by Gasteiger charge is -2.30. The fourth-order valence-electron chi connectivity index (χ4n) is 3.35. The van der Waals surface area contributed by atoms with Crippen LogP contribution in [0, 0.1) is 18.8 Å². The van der Waals surface area contributed by atoms with E-state index in [-0.39, 0.29) is 0 Å². The third-order valence-corrected chi connectivity index (χ3v) is 4.67. The zero-order valence-electron chi connectivity index (χ0n) is 12.7. The number of benzene rings is 1. The van der Waals surface area contributed by atoms with Crippen LogP contribution in [0.1, 0.15) is 31.2 Å². The number of nitrogens with two attached hydrogens (primary N) is 1. The van der Waals surface area contributed by atoms with Crippen molar-refractivity contribution in [2.75, 3.05) is 13.2 Å². The largest absolute Gasteiger partial charge is 0.477 e. The van der Waals surface area contributed by atoms with Crippen LogP contribution in [0.25, 0.3) is 10.9 Å². The SMILES string of the molecule is Cc1cc2ccccc2nc1OCC1CCCCC1CN. The molecule has 1 aliphatic carbocycles. The van der Waals surface area contributed by atoms with Gasteiger partial charge >= 0.3 is 0 Å². The van der Waals surface area contributed by atoms with Gasteiger partial charge in [-0.1, -0.05) is 31.0 Å². The lowest BCUT2D eigenvalue weighted by molar-refractivity contribution is 0.149. The molecule has 0 radical (unpaired) electrons. The van der Waals surface area contributed by atoms with Crippen LogP contribution < -0.4 is 10.5 Å². The molecule has 2 unspecified atom stereocenters. The first-order valence-electron chi connectivity index (χ1n) is 7.97. The number of ether oxygens (including phenoxy) is 1. The van der Waals surface area contributed by atoms with Crippen LogP contribution >= 0.6 is 0 Å². The molecule has 1 fully saturated rings. The predicted octanol–water partition coefficient (Wildman–Crippen LogP) is 3.69. The predicted molar refractivity (Wildman–Crippen MR) is 86.5 cm³/mol. The standard InChI is InChI=1S/C18H24N2O/c1-13-10-14-6-4-5-9-17(14)20-18(13)21-12-16-8-3-2-7-15(16)11-19/h4-6,9-10,15-16H,2-3,7-8,11-12,19H2,1H3. The van der Waals surface area contributed by atoms with Gasteiger partial charge in [0.25, 0.3) is 0 Å². The van der Waals surface area contributed by atoms with Gasteiger partial charge in [0.15, 0.2) is 0 Å². The molecule has 112 valence electrons. The summed E-state index contributed by atoms with van der Waals surface area (Å²) in [7, 11) is 0. The Labute approximate surface area is 126 Å². The summed E-state index contributed by atoms with van der Waals surface area (Å²) in [5.41, 5.74) is 8.00. The second-order valence-electron chi connectivity index (χ2n) is 6.15. The van der Waals surface area contributed by atoms with E-state index < -0.39 is 0 Å². The molecule has 1 aromatic carbocycles. The van der Waals surface area contributed by atoms with Crippen molar-refractivity contribution in [1.82, 2.24) is 4.98 Å². The number of rotatable bonds is 4. The van der Waals surface area contributed by atoms with Crippen molar-refractivity contribution in [2.45, 2.75) is 32.6 Å². The Hall–Kier alpha value is -1.61. The van der Waals surface area contributed by atoms with Crippen molar-refractivity contribution in [2.24, 2.45) is 17.6 Å². The van der Waals surface area contributed by atoms with Gasteiger partial charge in [0.1, 0.15) is 0 Å². The van der Waals surface area contributed by atoms with Crippen molar-refractivity contribution in [3.63, 3.8) is 0 Å². The lowest BCUT2D eigenvalue weighted by atomic mass is 9.80. The number of pyridine rings is 1. The van der Waals surface area contributed by atoms with Crippen molar-refractivity contribution in [1.29, 1.82) is 0 Å². The quantitative estimate of drug-likeness (QED) is 0.931. The molecule has 3 nitrogen and oxygen atoms in total. The minimum absolute atomic E-state index is 0.580. The average molecular weight is 284 g/mol. The number of nitrogens with zero attached hydrogens (tertiary/aromatic N) is 1. The molecule has 21 heavy (non-hydrogen) atoms. The lowest BCUT2D eigenvalue weighted by Crippen LogP contribution is -2.30. The molecule has 2 N–H and O–H groups in total. The highest BCUT2D eigenvalue weighted by molar-refractivity contribution is 5.79. The Bertz CT molecular complexity index is 611. The number of hydrogen-bond donors (Lipinski definition) is 1. The Morgan fingerprint density at radius 2 is 1.95 bits per heavy atom. The maximum absolute atomic E-state index is 6.05. The van der Waals surface area contributed by atoms with Gasteiger partial charge in [-0.25, -0.2) is 4.98 Å². The van der Waals surface area contributed by atoms with E-state index in [4.69, 9.17) is 10.5 Å². The van der Waals surface area contributed by atoms with Crippen LogP contribution in [0.15, 0.2) is 30.3 Å². The topological polar surface area (TPSA) is 48.1 Å². The summed E-state index contributed by atoms with van der Waals surface area (Å²) < 4.78 is 6.05. The molecule has 2 aromatic rings. The van der Waals surface area contributed by atoms with Gasteiger partial charge in [-0.05, 0) is 50.3 Å². The summed E-state index contributed by atoms with van der Waals surface area (Å²) in [4.78, 5) is 4.66. The molecule has 0 saturated heterocycles. The molecule has 1 heterocycles. The van der Waals surface area contributed by atoms with Gasteiger partial charge in [0.05, 0.1) is 12.1 Å². The van der Waals surface area contributed by atoms with Crippen LogP contribution in [-0.4, -0.2) is 18.1 Å². The maximum Gasteiger partial charge on any atom is 0.216 e. The van der Waals surface area contributed by atoms with Gasteiger partial charge < -0.3 is 10.5 Å². The van der Waals surface area contributed by atoms with Crippen LogP contribution in [0.4, 0.5) is 0 Å². The van der Waals surface area contributed by atoms with E-state index in [1.165, 1.54) is 31.1 Å². The Balaban J connectivity index is 1.73. The summed E-state index contributed by atoms with van der Waals surface area (Å²) in [5, 5.41) is 1.17. The maximum atomic E-state index is 6.05. The van der Waals surface area contributed by atoms with Crippen LogP contribution in [0.2, 0.25) is 0 Å². The summed E-state index contributed by atoms with van der Waals surface area (Å²) in [6, 6.07) is 10.3. The van der Waals surface area contributed by atoms with Crippen LogP contribution in [-0.2, 0) is 0 Å². The second-order valence-corrected chi connectivity index (χ2v) is 6.15. The third kappa shape index (κ3) is 3.18. The summed E-state index contributed by atoms with van der Waals surface area (Å²) in [5.74, 6) is 1.96. The zero-order chi connectivity index (χ0) is 14.7. The average Bonchev–Trinajstić information content (AvgIpc) is 2.53. The highest BCUT2D eigenvalue weighted by Gasteiger charge is 2.24. The van der Waals surface area contributed by atoms with E-state index in [0.717, 1.165) is 30.1 Å². The van der Waals surface area contributed by atoms with E-state index in [1.807, 2.05) is 18.2 Å². The highest BCUT2D eigenvalue weighted by Crippen LogP contribution is 2.30. The molecule has 0 bridgehead atoms. The second kappa shape index (κ2) is 6.44. The van der Waals surface area contributed by atoms with E-state index in [2.05, 4.69) is 24.0 Å². The van der Waals surface area contributed by atoms with E-state index in [1.54, 1.807) is 0 Å². The first-order valence-corrected chi connectivity index (χ1v) is 7.97. The van der Waals surface area contributed by atoms with Gasteiger partial charge in [0.2, 0.25) is 5.88 Å². The Morgan fingerprint density at radius 1 is 1.19 bits per heavy atom. The monoisotopic (exact) mass is 284 g/mol. The first kappa shape index (κ1) is 14.3. The molecule has 3 rings (SSSR count). The number of para-hydroxylation sites is 1. The molecule has 1 aromatic heterocycles. The van der Waals surface area contributed by atoms with Crippen molar-refractivity contribution in [3.8, 4) is 5.88 Å². The fourth-order valence-corrected chi connectivity index (χ4v) is 3.35. The van der Waals surface area contributed by atoms with E-state index >= 15 is 0 Å². The number of aromatic nitrogens is 1. The molecule has 2 atom stereocenters. The zero-order valence-corrected chi connectivity index (χ0v) is 12.7. The number of fused-ring (bicyclic) bond motifs is 1. The molecule has 1 aliphatic rings. The molecular weight excluding hydrogens is 260 g/mol. The van der Waals surface area contributed by atoms with Gasteiger partial charge in [-0.15, -0.1) is 0 Å². The third-order valence-electron chi connectivity index (χ3n) is 4.67. The van der Waals surface area contributed by atoms with E-state index in [9.17, 15) is 0 Å². The molecular formula is C18H24N2O. The van der Waals surface area contributed by atoms with Crippen molar-refractivity contribution in [3.05, 3.63) is 35.9 Å². The Kier molecular flexibility index (Phi) is 4.39. The summed E-state index contributed by atoms with van der Waals surface area (Å²) >= 11 is 0. The van der Waals surface area contributed by atoms with Crippen molar-refractivity contribution < 1.29 is 4.74 Å². The normalized spacial score (nSPS) is 22.4. The molecule has 0 amide bonds. The molecule has 0 spiro atoms. The number of hydrogen-bond acceptors (Lipinski definition) is 3. The van der Waals surface area contributed by atoms with Crippen LogP contribution in [0.5, 0.6) is 5.88 Å². The number of aryl methyl sites for hydroxylation is 1. The fraction of sp³-hybridized carbons (Fsp3) is 0.500. The first-order chi connectivity index (χ1) is 10.3. The van der Waals surface area contributed by atoms with Gasteiger partial charge in [-0.2, -0.15) is 0 Å². The summed E-state index contributed by atoms with van der Waals surface area (Å²) in [6.45, 7) is 3.59. The smallest absolute Gasteiger partial charge is 0.216 e. The van der Waals surface area contributed by atoms with Gasteiger partial charge in [-0.3, -0.25) is 0 Å². The summed E-state index contributed by atoms with van der Waals surface area (Å²) in [6.07, 6.45) is 5.09. The minimum atomic E-state index is 0.580. The minimum Gasteiger partial charge on any atom is -0.477 e.